The molecule has 0 radical (unpaired) electrons. The van der Waals surface area contributed by atoms with E-state index >= 15 is 0 Å². The molecule has 3 heteroatoms. The second-order valence-corrected chi connectivity index (χ2v) is 4.35. The summed E-state index contributed by atoms with van der Waals surface area (Å²) in [5, 5.41) is 6.17. The summed E-state index contributed by atoms with van der Waals surface area (Å²) in [4.78, 5) is 11.6. The van der Waals surface area contributed by atoms with Crippen LogP contribution in [0, 0.1) is 0 Å². The second-order valence-electron chi connectivity index (χ2n) is 4.35. The van der Waals surface area contributed by atoms with Gasteiger partial charge in [0.05, 0.1) is 0 Å². The lowest BCUT2D eigenvalue weighted by molar-refractivity contribution is 0.0956. The first kappa shape index (κ1) is 14.3. The quantitative estimate of drug-likeness (QED) is 0.725. The molecule has 98 valence electrons. The Morgan fingerprint density at radius 1 is 1.39 bits per heavy atom. The molecule has 0 aliphatic carbocycles. The maximum Gasteiger partial charge on any atom is 0.251 e. The Balaban J connectivity index is 2.54. The Bertz CT molecular complexity index is 384. The highest BCUT2D eigenvalue weighted by molar-refractivity contribution is 5.94. The van der Waals surface area contributed by atoms with E-state index in [0.29, 0.717) is 18.2 Å². The van der Waals surface area contributed by atoms with Crippen molar-refractivity contribution in [2.24, 2.45) is 0 Å². The van der Waals surface area contributed by atoms with Crippen LogP contribution in [-0.2, 0) is 0 Å². The molecule has 1 atom stereocenters. The van der Waals surface area contributed by atoms with E-state index in [4.69, 9.17) is 0 Å². The van der Waals surface area contributed by atoms with Crippen LogP contribution in [0.1, 0.15) is 37.0 Å². The van der Waals surface area contributed by atoms with E-state index in [-0.39, 0.29) is 5.91 Å². The molecule has 0 heterocycles. The van der Waals surface area contributed by atoms with Gasteiger partial charge in [-0.3, -0.25) is 4.79 Å². The van der Waals surface area contributed by atoms with E-state index in [1.807, 2.05) is 37.3 Å². The minimum atomic E-state index is -0.0243. The SMILES string of the molecule is C=CCCC(C)Nc1ccc(C(=O)NCC)cc1. The summed E-state index contributed by atoms with van der Waals surface area (Å²) in [6.45, 7) is 8.42. The van der Waals surface area contributed by atoms with Crippen LogP contribution in [0.2, 0.25) is 0 Å². The summed E-state index contributed by atoms with van der Waals surface area (Å²) in [7, 11) is 0. The maximum absolute atomic E-state index is 11.6. The summed E-state index contributed by atoms with van der Waals surface area (Å²) < 4.78 is 0. The zero-order chi connectivity index (χ0) is 13.4. The standard InChI is InChI=1S/C15H22N2O/c1-4-6-7-12(3)17-14-10-8-13(9-11-14)15(18)16-5-2/h4,8-12,17H,1,5-7H2,2-3H3,(H,16,18). The zero-order valence-corrected chi connectivity index (χ0v) is 11.2. The van der Waals surface area contributed by atoms with E-state index in [9.17, 15) is 4.79 Å². The Hall–Kier alpha value is -1.77. The molecular weight excluding hydrogens is 224 g/mol. The van der Waals surface area contributed by atoms with Crippen molar-refractivity contribution in [1.82, 2.24) is 5.32 Å². The predicted molar refractivity (Wildman–Crippen MR) is 77.0 cm³/mol. The molecule has 0 aliphatic heterocycles. The summed E-state index contributed by atoms with van der Waals surface area (Å²) in [6, 6.07) is 7.96. The number of amides is 1. The van der Waals surface area contributed by atoms with Gasteiger partial charge in [0.15, 0.2) is 0 Å². The fourth-order valence-corrected chi connectivity index (χ4v) is 1.70. The second kappa shape index (κ2) is 7.54. The van der Waals surface area contributed by atoms with Crippen molar-refractivity contribution in [2.45, 2.75) is 32.7 Å². The Labute approximate surface area is 109 Å². The third-order valence-electron chi connectivity index (χ3n) is 2.70. The lowest BCUT2D eigenvalue weighted by Gasteiger charge is -2.14. The molecule has 1 unspecified atom stereocenters. The number of anilines is 1. The lowest BCUT2D eigenvalue weighted by atomic mass is 10.1. The van der Waals surface area contributed by atoms with Crippen molar-refractivity contribution in [1.29, 1.82) is 0 Å². The third kappa shape index (κ3) is 4.62. The van der Waals surface area contributed by atoms with Crippen molar-refractivity contribution < 1.29 is 4.79 Å². The number of hydrogen-bond donors (Lipinski definition) is 2. The van der Waals surface area contributed by atoms with Crippen molar-refractivity contribution in [3.63, 3.8) is 0 Å². The van der Waals surface area contributed by atoms with Gasteiger partial charge in [0, 0.05) is 23.8 Å². The van der Waals surface area contributed by atoms with E-state index < -0.39 is 0 Å². The third-order valence-corrected chi connectivity index (χ3v) is 2.70. The van der Waals surface area contributed by atoms with E-state index in [2.05, 4.69) is 24.1 Å². The van der Waals surface area contributed by atoms with Crippen LogP contribution in [0.4, 0.5) is 5.69 Å². The van der Waals surface area contributed by atoms with Crippen LogP contribution in [0.3, 0.4) is 0 Å². The molecule has 0 saturated carbocycles. The summed E-state index contributed by atoms with van der Waals surface area (Å²) in [6.07, 6.45) is 3.99. The fourth-order valence-electron chi connectivity index (χ4n) is 1.70. The smallest absolute Gasteiger partial charge is 0.251 e. The molecule has 18 heavy (non-hydrogen) atoms. The molecule has 3 nitrogen and oxygen atoms in total. The zero-order valence-electron chi connectivity index (χ0n) is 11.2. The molecule has 0 saturated heterocycles. The highest BCUT2D eigenvalue weighted by atomic mass is 16.1. The van der Waals surface area contributed by atoms with Gasteiger partial charge in [0.2, 0.25) is 0 Å². The number of carbonyl (C=O) groups excluding carboxylic acids is 1. The fraction of sp³-hybridized carbons (Fsp3) is 0.400. The summed E-state index contributed by atoms with van der Waals surface area (Å²) in [5.74, 6) is -0.0243. The first-order chi connectivity index (χ1) is 8.67. The van der Waals surface area contributed by atoms with Gasteiger partial charge in [-0.15, -0.1) is 6.58 Å². The number of carbonyl (C=O) groups is 1. The van der Waals surface area contributed by atoms with Gasteiger partial charge in [-0.1, -0.05) is 6.08 Å². The van der Waals surface area contributed by atoms with Crippen LogP contribution >= 0.6 is 0 Å². The van der Waals surface area contributed by atoms with Crippen LogP contribution in [0.5, 0.6) is 0 Å². The molecule has 1 rings (SSSR count). The minimum absolute atomic E-state index is 0.0243. The van der Waals surface area contributed by atoms with Crippen LogP contribution in [0.15, 0.2) is 36.9 Å². The molecule has 0 bridgehead atoms. The predicted octanol–water partition coefficient (Wildman–Crippen LogP) is 3.20. The van der Waals surface area contributed by atoms with Crippen LogP contribution < -0.4 is 10.6 Å². The first-order valence-corrected chi connectivity index (χ1v) is 6.43. The van der Waals surface area contributed by atoms with Crippen LogP contribution in [-0.4, -0.2) is 18.5 Å². The molecule has 2 N–H and O–H groups in total. The van der Waals surface area contributed by atoms with Gasteiger partial charge in [0.25, 0.3) is 5.91 Å². The number of allylic oxidation sites excluding steroid dienone is 1. The van der Waals surface area contributed by atoms with E-state index in [1.165, 1.54) is 0 Å². The van der Waals surface area contributed by atoms with Gasteiger partial charge in [-0.2, -0.15) is 0 Å². The number of rotatable bonds is 7. The number of benzene rings is 1. The van der Waals surface area contributed by atoms with Gasteiger partial charge in [-0.25, -0.2) is 0 Å². The largest absolute Gasteiger partial charge is 0.383 e. The lowest BCUT2D eigenvalue weighted by Crippen LogP contribution is -2.22. The average molecular weight is 246 g/mol. The number of hydrogen-bond acceptors (Lipinski definition) is 2. The molecule has 1 aromatic rings. The van der Waals surface area contributed by atoms with Crippen molar-refractivity contribution in [3.05, 3.63) is 42.5 Å². The molecular formula is C15H22N2O. The Morgan fingerprint density at radius 2 is 2.06 bits per heavy atom. The summed E-state index contributed by atoms with van der Waals surface area (Å²) in [5.41, 5.74) is 1.74. The Morgan fingerprint density at radius 3 is 2.61 bits per heavy atom. The highest BCUT2D eigenvalue weighted by Crippen LogP contribution is 2.12. The molecule has 0 fully saturated rings. The molecule has 0 aliphatic rings. The topological polar surface area (TPSA) is 41.1 Å². The Kier molecular flexibility index (Phi) is 5.98. The molecule has 0 aromatic heterocycles. The van der Waals surface area contributed by atoms with Gasteiger partial charge in [-0.05, 0) is 51.0 Å². The highest BCUT2D eigenvalue weighted by Gasteiger charge is 2.04. The monoisotopic (exact) mass is 246 g/mol. The van der Waals surface area contributed by atoms with E-state index in [1.54, 1.807) is 0 Å². The summed E-state index contributed by atoms with van der Waals surface area (Å²) >= 11 is 0. The van der Waals surface area contributed by atoms with E-state index in [0.717, 1.165) is 18.5 Å². The minimum Gasteiger partial charge on any atom is -0.383 e. The van der Waals surface area contributed by atoms with Crippen LogP contribution in [0.25, 0.3) is 0 Å². The maximum atomic E-state index is 11.6. The van der Waals surface area contributed by atoms with Crippen molar-refractivity contribution in [3.8, 4) is 0 Å². The first-order valence-electron chi connectivity index (χ1n) is 6.43. The van der Waals surface area contributed by atoms with Crippen molar-refractivity contribution in [2.75, 3.05) is 11.9 Å². The van der Waals surface area contributed by atoms with Gasteiger partial charge in [0.1, 0.15) is 0 Å². The van der Waals surface area contributed by atoms with Crippen molar-refractivity contribution >= 4 is 11.6 Å². The normalized spacial score (nSPS) is 11.7. The van der Waals surface area contributed by atoms with Gasteiger partial charge >= 0.3 is 0 Å². The molecule has 1 amide bonds. The average Bonchev–Trinajstić information content (AvgIpc) is 2.37. The molecule has 0 spiro atoms. The van der Waals surface area contributed by atoms with Gasteiger partial charge < -0.3 is 10.6 Å². The molecule has 1 aromatic carbocycles. The number of nitrogens with one attached hydrogen (secondary N) is 2.